The SMILES string of the molecule is Cc1c(Cl)cccc1NC(=O)C(C)N1CCCC(O)C1. The minimum absolute atomic E-state index is 0.0653. The van der Waals surface area contributed by atoms with Crippen molar-refractivity contribution in [3.05, 3.63) is 28.8 Å². The van der Waals surface area contributed by atoms with Crippen molar-refractivity contribution >= 4 is 23.2 Å². The standard InChI is InChI=1S/C15H21ClN2O2/c1-10-13(16)6-3-7-14(10)17-15(20)11(2)18-8-4-5-12(19)9-18/h3,6-7,11-12,19H,4-5,8-9H2,1-2H3,(H,17,20). The summed E-state index contributed by atoms with van der Waals surface area (Å²) in [6, 6.07) is 5.21. The number of halogens is 1. The van der Waals surface area contributed by atoms with Crippen molar-refractivity contribution in [2.75, 3.05) is 18.4 Å². The molecule has 1 aliphatic heterocycles. The van der Waals surface area contributed by atoms with Crippen LogP contribution in [-0.4, -0.2) is 41.1 Å². The number of likely N-dealkylation sites (tertiary alicyclic amines) is 1. The van der Waals surface area contributed by atoms with E-state index in [1.165, 1.54) is 0 Å². The van der Waals surface area contributed by atoms with Gasteiger partial charge in [0.1, 0.15) is 0 Å². The van der Waals surface area contributed by atoms with E-state index in [1.54, 1.807) is 6.07 Å². The number of benzene rings is 1. The molecule has 0 aromatic heterocycles. The molecular weight excluding hydrogens is 276 g/mol. The van der Waals surface area contributed by atoms with Gasteiger partial charge in [-0.1, -0.05) is 17.7 Å². The van der Waals surface area contributed by atoms with E-state index < -0.39 is 0 Å². The molecule has 1 heterocycles. The Balaban J connectivity index is 2.02. The molecule has 1 saturated heterocycles. The van der Waals surface area contributed by atoms with E-state index in [1.807, 2.05) is 30.9 Å². The Hall–Kier alpha value is -1.10. The second-order valence-corrected chi connectivity index (χ2v) is 5.78. The molecular formula is C15H21ClN2O2. The number of aliphatic hydroxyl groups is 1. The van der Waals surface area contributed by atoms with E-state index >= 15 is 0 Å². The zero-order chi connectivity index (χ0) is 14.7. The average molecular weight is 297 g/mol. The first-order chi connectivity index (χ1) is 9.49. The summed E-state index contributed by atoms with van der Waals surface area (Å²) < 4.78 is 0. The zero-order valence-corrected chi connectivity index (χ0v) is 12.7. The number of nitrogens with zero attached hydrogens (tertiary/aromatic N) is 1. The van der Waals surface area contributed by atoms with Gasteiger partial charge in [0.15, 0.2) is 0 Å². The van der Waals surface area contributed by atoms with Gasteiger partial charge in [-0.3, -0.25) is 9.69 Å². The molecule has 2 N–H and O–H groups in total. The summed E-state index contributed by atoms with van der Waals surface area (Å²) in [5.74, 6) is -0.0653. The summed E-state index contributed by atoms with van der Waals surface area (Å²) >= 11 is 6.05. The molecule has 5 heteroatoms. The maximum atomic E-state index is 12.3. The van der Waals surface area contributed by atoms with E-state index in [4.69, 9.17) is 11.6 Å². The molecule has 1 aliphatic rings. The molecule has 110 valence electrons. The fraction of sp³-hybridized carbons (Fsp3) is 0.533. The summed E-state index contributed by atoms with van der Waals surface area (Å²) in [5, 5.41) is 13.2. The maximum Gasteiger partial charge on any atom is 0.241 e. The predicted molar refractivity (Wildman–Crippen MR) is 81.1 cm³/mol. The van der Waals surface area contributed by atoms with Crippen LogP contribution in [0.25, 0.3) is 0 Å². The van der Waals surface area contributed by atoms with Gasteiger partial charge in [0, 0.05) is 17.3 Å². The second kappa shape index (κ2) is 6.57. The van der Waals surface area contributed by atoms with Crippen molar-refractivity contribution in [2.24, 2.45) is 0 Å². The van der Waals surface area contributed by atoms with Gasteiger partial charge < -0.3 is 10.4 Å². The van der Waals surface area contributed by atoms with Crippen LogP contribution in [0.5, 0.6) is 0 Å². The maximum absolute atomic E-state index is 12.3. The van der Waals surface area contributed by atoms with Crippen molar-refractivity contribution < 1.29 is 9.90 Å². The average Bonchev–Trinajstić information content (AvgIpc) is 2.43. The number of β-amino-alcohol motifs (C(OH)–C–C–N with tert-alkyl or cyclic N) is 1. The molecule has 0 radical (unpaired) electrons. The lowest BCUT2D eigenvalue weighted by Gasteiger charge is -2.34. The van der Waals surface area contributed by atoms with Crippen molar-refractivity contribution in [1.29, 1.82) is 0 Å². The number of carbonyl (C=O) groups is 1. The smallest absolute Gasteiger partial charge is 0.241 e. The Labute approximate surface area is 124 Å². The van der Waals surface area contributed by atoms with Gasteiger partial charge in [-0.15, -0.1) is 0 Å². The van der Waals surface area contributed by atoms with Gasteiger partial charge in [0.25, 0.3) is 0 Å². The first-order valence-corrected chi connectivity index (χ1v) is 7.35. The first-order valence-electron chi connectivity index (χ1n) is 6.97. The Morgan fingerprint density at radius 2 is 2.30 bits per heavy atom. The third-order valence-electron chi connectivity index (χ3n) is 3.88. The van der Waals surface area contributed by atoms with Crippen molar-refractivity contribution in [3.8, 4) is 0 Å². The molecule has 0 saturated carbocycles. The lowest BCUT2D eigenvalue weighted by Crippen LogP contribution is -2.48. The number of hydrogen-bond acceptors (Lipinski definition) is 3. The number of carbonyl (C=O) groups excluding carboxylic acids is 1. The fourth-order valence-electron chi connectivity index (χ4n) is 2.48. The van der Waals surface area contributed by atoms with Crippen LogP contribution in [0.2, 0.25) is 5.02 Å². The molecule has 2 rings (SSSR count). The van der Waals surface area contributed by atoms with Crippen LogP contribution in [0.15, 0.2) is 18.2 Å². The topological polar surface area (TPSA) is 52.6 Å². The highest BCUT2D eigenvalue weighted by Crippen LogP contribution is 2.23. The fourth-order valence-corrected chi connectivity index (χ4v) is 2.66. The van der Waals surface area contributed by atoms with E-state index in [0.717, 1.165) is 30.6 Å². The number of nitrogens with one attached hydrogen (secondary N) is 1. The van der Waals surface area contributed by atoms with Crippen LogP contribution < -0.4 is 5.32 Å². The number of amides is 1. The lowest BCUT2D eigenvalue weighted by atomic mass is 10.1. The molecule has 0 bridgehead atoms. The molecule has 0 spiro atoms. The summed E-state index contributed by atoms with van der Waals surface area (Å²) in [5.41, 5.74) is 1.61. The number of hydrogen-bond donors (Lipinski definition) is 2. The Morgan fingerprint density at radius 1 is 1.55 bits per heavy atom. The minimum atomic E-state index is -0.327. The summed E-state index contributed by atoms with van der Waals surface area (Å²) in [4.78, 5) is 14.3. The van der Waals surface area contributed by atoms with Crippen LogP contribution in [-0.2, 0) is 4.79 Å². The molecule has 1 fully saturated rings. The van der Waals surface area contributed by atoms with Crippen LogP contribution in [0.4, 0.5) is 5.69 Å². The third kappa shape index (κ3) is 3.51. The number of piperidine rings is 1. The highest BCUT2D eigenvalue weighted by Gasteiger charge is 2.26. The molecule has 1 aromatic carbocycles. The molecule has 1 amide bonds. The minimum Gasteiger partial charge on any atom is -0.392 e. The van der Waals surface area contributed by atoms with Crippen LogP contribution in [0.3, 0.4) is 0 Å². The highest BCUT2D eigenvalue weighted by molar-refractivity contribution is 6.31. The molecule has 4 nitrogen and oxygen atoms in total. The van der Waals surface area contributed by atoms with Crippen molar-refractivity contribution in [1.82, 2.24) is 4.90 Å². The second-order valence-electron chi connectivity index (χ2n) is 5.37. The predicted octanol–water partition coefficient (Wildman–Crippen LogP) is 2.43. The zero-order valence-electron chi connectivity index (χ0n) is 11.9. The molecule has 20 heavy (non-hydrogen) atoms. The van der Waals surface area contributed by atoms with E-state index in [2.05, 4.69) is 5.32 Å². The van der Waals surface area contributed by atoms with Gasteiger partial charge in [-0.2, -0.15) is 0 Å². The number of anilines is 1. The van der Waals surface area contributed by atoms with E-state index in [9.17, 15) is 9.90 Å². The monoisotopic (exact) mass is 296 g/mol. The summed E-state index contributed by atoms with van der Waals surface area (Å²) in [7, 11) is 0. The van der Waals surface area contributed by atoms with Gasteiger partial charge >= 0.3 is 0 Å². The highest BCUT2D eigenvalue weighted by atomic mass is 35.5. The number of rotatable bonds is 3. The Kier molecular flexibility index (Phi) is 5.02. The summed E-state index contributed by atoms with van der Waals surface area (Å²) in [6.07, 6.45) is 1.42. The van der Waals surface area contributed by atoms with E-state index in [0.29, 0.717) is 11.6 Å². The summed E-state index contributed by atoms with van der Waals surface area (Å²) in [6.45, 7) is 5.16. The van der Waals surface area contributed by atoms with Gasteiger partial charge in [0.2, 0.25) is 5.91 Å². The van der Waals surface area contributed by atoms with Gasteiger partial charge in [-0.05, 0) is 50.9 Å². The first kappa shape index (κ1) is 15.3. The van der Waals surface area contributed by atoms with Crippen LogP contribution >= 0.6 is 11.6 Å². The Bertz CT molecular complexity index is 493. The van der Waals surface area contributed by atoms with Crippen LogP contribution in [0, 0.1) is 6.92 Å². The quantitative estimate of drug-likeness (QED) is 0.901. The number of aliphatic hydroxyl groups excluding tert-OH is 1. The van der Waals surface area contributed by atoms with Gasteiger partial charge in [-0.25, -0.2) is 0 Å². The van der Waals surface area contributed by atoms with E-state index in [-0.39, 0.29) is 18.1 Å². The normalized spacial score (nSPS) is 21.5. The van der Waals surface area contributed by atoms with Gasteiger partial charge in [0.05, 0.1) is 12.1 Å². The largest absolute Gasteiger partial charge is 0.392 e. The third-order valence-corrected chi connectivity index (χ3v) is 4.29. The molecule has 2 atom stereocenters. The molecule has 1 aromatic rings. The van der Waals surface area contributed by atoms with Crippen LogP contribution in [0.1, 0.15) is 25.3 Å². The Morgan fingerprint density at radius 3 is 3.00 bits per heavy atom. The lowest BCUT2D eigenvalue weighted by molar-refractivity contribution is -0.121. The molecule has 0 aliphatic carbocycles. The van der Waals surface area contributed by atoms with Crippen molar-refractivity contribution in [2.45, 2.75) is 38.8 Å². The molecule has 2 unspecified atom stereocenters. The van der Waals surface area contributed by atoms with Crippen molar-refractivity contribution in [3.63, 3.8) is 0 Å².